The lowest BCUT2D eigenvalue weighted by Crippen LogP contribution is -2.24. The predicted octanol–water partition coefficient (Wildman–Crippen LogP) is 2.24. The molecule has 0 aliphatic heterocycles. The van der Waals surface area contributed by atoms with E-state index < -0.39 is 0 Å². The van der Waals surface area contributed by atoms with Crippen LogP contribution in [0.25, 0.3) is 0 Å². The Morgan fingerprint density at radius 1 is 1.40 bits per heavy atom. The van der Waals surface area contributed by atoms with Gasteiger partial charge in [-0.25, -0.2) is 0 Å². The van der Waals surface area contributed by atoms with Crippen LogP contribution in [0.3, 0.4) is 0 Å². The highest BCUT2D eigenvalue weighted by atomic mass is 16.6. The quantitative estimate of drug-likeness (QED) is 0.731. The second kappa shape index (κ2) is 4.97. The summed E-state index contributed by atoms with van der Waals surface area (Å²) in [6.45, 7) is 5.70. The monoisotopic (exact) mass is 213 g/mol. The fourth-order valence-electron chi connectivity index (χ4n) is 2.09. The van der Waals surface area contributed by atoms with Crippen LogP contribution in [0.1, 0.15) is 52.9 Å². The molecule has 0 aromatic heterocycles. The van der Waals surface area contributed by atoms with Gasteiger partial charge in [0.25, 0.3) is 0 Å². The van der Waals surface area contributed by atoms with Crippen molar-refractivity contribution in [2.75, 3.05) is 0 Å². The molecular formula is C12H23NO2. The van der Waals surface area contributed by atoms with Crippen molar-refractivity contribution in [3.63, 3.8) is 0 Å². The van der Waals surface area contributed by atoms with Gasteiger partial charge in [-0.1, -0.05) is 0 Å². The van der Waals surface area contributed by atoms with Crippen LogP contribution in [-0.4, -0.2) is 17.6 Å². The van der Waals surface area contributed by atoms with Gasteiger partial charge in [-0.15, -0.1) is 0 Å². The summed E-state index contributed by atoms with van der Waals surface area (Å²) in [5, 5.41) is 0. The van der Waals surface area contributed by atoms with E-state index in [1.165, 1.54) is 6.42 Å². The second-order valence-corrected chi connectivity index (χ2v) is 5.56. The molecular weight excluding hydrogens is 190 g/mol. The van der Waals surface area contributed by atoms with Gasteiger partial charge in [0.15, 0.2) is 0 Å². The summed E-state index contributed by atoms with van der Waals surface area (Å²) in [5.74, 6) is 0.551. The van der Waals surface area contributed by atoms with Crippen LogP contribution in [0.15, 0.2) is 0 Å². The Kier molecular flexibility index (Phi) is 4.14. The SMILES string of the molecule is CC(C)(C)OC(=O)CC[C@@H]1CC[C@H](N)C1. The van der Waals surface area contributed by atoms with Gasteiger partial charge in [-0.05, 0) is 52.4 Å². The number of hydrogen-bond acceptors (Lipinski definition) is 3. The number of nitrogens with two attached hydrogens (primary N) is 1. The van der Waals surface area contributed by atoms with E-state index in [1.807, 2.05) is 20.8 Å². The second-order valence-electron chi connectivity index (χ2n) is 5.56. The normalized spacial score (nSPS) is 26.7. The van der Waals surface area contributed by atoms with Gasteiger partial charge in [0.05, 0.1) is 0 Å². The largest absolute Gasteiger partial charge is 0.460 e. The third-order valence-electron chi connectivity index (χ3n) is 2.76. The zero-order valence-corrected chi connectivity index (χ0v) is 10.1. The van der Waals surface area contributed by atoms with Crippen LogP contribution in [-0.2, 0) is 9.53 Å². The van der Waals surface area contributed by atoms with Gasteiger partial charge in [0.2, 0.25) is 0 Å². The standard InChI is InChI=1S/C12H23NO2/c1-12(2,3)15-11(14)7-5-9-4-6-10(13)8-9/h9-10H,4-8,13H2,1-3H3/t9-,10-/m0/s1. The molecule has 3 nitrogen and oxygen atoms in total. The molecule has 1 rings (SSSR count). The molecule has 0 spiro atoms. The van der Waals surface area contributed by atoms with Crippen molar-refractivity contribution in [3.8, 4) is 0 Å². The van der Waals surface area contributed by atoms with Gasteiger partial charge in [0.1, 0.15) is 5.60 Å². The third kappa shape index (κ3) is 5.17. The lowest BCUT2D eigenvalue weighted by atomic mass is 10.0. The first-order chi connectivity index (χ1) is 6.87. The Hall–Kier alpha value is -0.570. The summed E-state index contributed by atoms with van der Waals surface area (Å²) in [6, 6.07) is 0.355. The molecule has 0 aromatic rings. The first-order valence-corrected chi connectivity index (χ1v) is 5.84. The van der Waals surface area contributed by atoms with E-state index in [2.05, 4.69) is 0 Å². The van der Waals surface area contributed by atoms with Crippen molar-refractivity contribution >= 4 is 5.97 Å². The highest BCUT2D eigenvalue weighted by molar-refractivity contribution is 5.69. The van der Waals surface area contributed by atoms with E-state index in [1.54, 1.807) is 0 Å². The fraction of sp³-hybridized carbons (Fsp3) is 0.917. The molecule has 1 aliphatic rings. The van der Waals surface area contributed by atoms with Crippen molar-refractivity contribution < 1.29 is 9.53 Å². The lowest BCUT2D eigenvalue weighted by Gasteiger charge is -2.20. The highest BCUT2D eigenvalue weighted by Gasteiger charge is 2.23. The molecule has 2 atom stereocenters. The zero-order chi connectivity index (χ0) is 11.5. The molecule has 1 saturated carbocycles. The number of carbonyl (C=O) groups is 1. The van der Waals surface area contributed by atoms with E-state index in [0.29, 0.717) is 18.4 Å². The third-order valence-corrected chi connectivity index (χ3v) is 2.76. The summed E-state index contributed by atoms with van der Waals surface area (Å²) < 4.78 is 5.25. The molecule has 0 heterocycles. The van der Waals surface area contributed by atoms with Crippen molar-refractivity contribution in [1.82, 2.24) is 0 Å². The molecule has 0 aromatic carbocycles. The van der Waals surface area contributed by atoms with E-state index in [9.17, 15) is 4.79 Å². The van der Waals surface area contributed by atoms with Crippen molar-refractivity contribution in [1.29, 1.82) is 0 Å². The average molecular weight is 213 g/mol. The average Bonchev–Trinajstić information content (AvgIpc) is 2.45. The Balaban J connectivity index is 2.17. The first-order valence-electron chi connectivity index (χ1n) is 5.84. The first kappa shape index (κ1) is 12.5. The Morgan fingerprint density at radius 2 is 2.07 bits per heavy atom. The summed E-state index contributed by atoms with van der Waals surface area (Å²) in [7, 11) is 0. The minimum atomic E-state index is -0.358. The maximum absolute atomic E-state index is 11.4. The molecule has 2 N–H and O–H groups in total. The Labute approximate surface area is 92.4 Å². The molecule has 0 bridgehead atoms. The van der Waals surface area contributed by atoms with E-state index >= 15 is 0 Å². The fourth-order valence-corrected chi connectivity index (χ4v) is 2.09. The van der Waals surface area contributed by atoms with Gasteiger partial charge in [-0.3, -0.25) is 4.79 Å². The summed E-state index contributed by atoms with van der Waals surface area (Å²) in [6.07, 6.45) is 4.82. The number of carbonyl (C=O) groups excluding carboxylic acids is 1. The van der Waals surface area contributed by atoms with Gasteiger partial charge in [-0.2, -0.15) is 0 Å². The van der Waals surface area contributed by atoms with Gasteiger partial charge >= 0.3 is 5.97 Å². The lowest BCUT2D eigenvalue weighted by molar-refractivity contribution is -0.155. The van der Waals surface area contributed by atoms with Crippen LogP contribution in [0, 0.1) is 5.92 Å². The minimum absolute atomic E-state index is 0.0806. The van der Waals surface area contributed by atoms with Crippen LogP contribution in [0.2, 0.25) is 0 Å². The number of rotatable bonds is 3. The molecule has 1 fully saturated rings. The molecule has 1 aliphatic carbocycles. The van der Waals surface area contributed by atoms with Crippen LogP contribution in [0.4, 0.5) is 0 Å². The highest BCUT2D eigenvalue weighted by Crippen LogP contribution is 2.28. The number of hydrogen-bond donors (Lipinski definition) is 1. The number of ether oxygens (including phenoxy) is 1. The molecule has 0 unspecified atom stereocenters. The molecule has 0 radical (unpaired) electrons. The maximum atomic E-state index is 11.4. The van der Waals surface area contributed by atoms with Gasteiger partial charge in [0, 0.05) is 12.5 Å². The Bertz CT molecular complexity index is 220. The topological polar surface area (TPSA) is 52.3 Å². The van der Waals surface area contributed by atoms with E-state index in [-0.39, 0.29) is 11.6 Å². The predicted molar refractivity (Wildman–Crippen MR) is 60.4 cm³/mol. The van der Waals surface area contributed by atoms with Crippen LogP contribution < -0.4 is 5.73 Å². The number of esters is 1. The molecule has 15 heavy (non-hydrogen) atoms. The van der Waals surface area contributed by atoms with Crippen molar-refractivity contribution in [2.24, 2.45) is 11.7 Å². The van der Waals surface area contributed by atoms with Crippen molar-refractivity contribution in [3.05, 3.63) is 0 Å². The molecule has 0 saturated heterocycles. The van der Waals surface area contributed by atoms with Gasteiger partial charge < -0.3 is 10.5 Å². The maximum Gasteiger partial charge on any atom is 0.306 e. The Morgan fingerprint density at radius 3 is 2.53 bits per heavy atom. The molecule has 3 heteroatoms. The zero-order valence-electron chi connectivity index (χ0n) is 10.1. The van der Waals surface area contributed by atoms with E-state index in [4.69, 9.17) is 10.5 Å². The summed E-state index contributed by atoms with van der Waals surface area (Å²) >= 11 is 0. The van der Waals surface area contributed by atoms with Crippen molar-refractivity contribution in [2.45, 2.75) is 64.5 Å². The summed E-state index contributed by atoms with van der Waals surface area (Å²) in [4.78, 5) is 11.4. The smallest absolute Gasteiger partial charge is 0.306 e. The molecule has 88 valence electrons. The molecule has 0 amide bonds. The van der Waals surface area contributed by atoms with Crippen LogP contribution >= 0.6 is 0 Å². The van der Waals surface area contributed by atoms with Crippen LogP contribution in [0.5, 0.6) is 0 Å². The minimum Gasteiger partial charge on any atom is -0.460 e. The van der Waals surface area contributed by atoms with E-state index in [0.717, 1.165) is 19.3 Å². The summed E-state index contributed by atoms with van der Waals surface area (Å²) in [5.41, 5.74) is 5.46.